The zero-order valence-electron chi connectivity index (χ0n) is 10.5. The average Bonchev–Trinajstić information content (AvgIpc) is 2.35. The van der Waals surface area contributed by atoms with Gasteiger partial charge in [-0.3, -0.25) is 4.90 Å². The molecule has 0 aliphatic carbocycles. The number of nitrogens with one attached hydrogen (secondary N) is 1. The lowest BCUT2D eigenvalue weighted by Gasteiger charge is -2.32. The number of halogens is 2. The number of likely N-dealkylation sites (N-methyl/N-ethyl adjacent to an activating group) is 1. The van der Waals surface area contributed by atoms with Crippen molar-refractivity contribution in [2.24, 2.45) is 0 Å². The molecule has 5 heteroatoms. The van der Waals surface area contributed by atoms with Gasteiger partial charge in [-0.25, -0.2) is 8.78 Å². The molecular formula is C13H18F2N2O. The van der Waals surface area contributed by atoms with Gasteiger partial charge in [-0.1, -0.05) is 6.07 Å². The van der Waals surface area contributed by atoms with Crippen LogP contribution in [0.3, 0.4) is 0 Å². The van der Waals surface area contributed by atoms with E-state index in [9.17, 15) is 8.78 Å². The van der Waals surface area contributed by atoms with Crippen LogP contribution in [0.25, 0.3) is 0 Å². The van der Waals surface area contributed by atoms with Crippen molar-refractivity contribution in [3.05, 3.63) is 35.4 Å². The van der Waals surface area contributed by atoms with Crippen LogP contribution < -0.4 is 5.32 Å². The van der Waals surface area contributed by atoms with E-state index < -0.39 is 11.6 Å². The molecule has 0 saturated carbocycles. The minimum absolute atomic E-state index is 0.161. The van der Waals surface area contributed by atoms with Crippen molar-refractivity contribution in [3.8, 4) is 0 Å². The van der Waals surface area contributed by atoms with Crippen LogP contribution in [-0.2, 0) is 11.3 Å². The van der Waals surface area contributed by atoms with Crippen LogP contribution >= 0.6 is 0 Å². The van der Waals surface area contributed by atoms with Gasteiger partial charge in [0.05, 0.1) is 12.7 Å². The Bertz CT molecular complexity index is 399. The lowest BCUT2D eigenvalue weighted by Crippen LogP contribution is -2.45. The molecule has 3 nitrogen and oxygen atoms in total. The maximum Gasteiger partial charge on any atom is 0.159 e. The third kappa shape index (κ3) is 3.48. The molecule has 2 rings (SSSR count). The van der Waals surface area contributed by atoms with Gasteiger partial charge in [0.2, 0.25) is 0 Å². The highest BCUT2D eigenvalue weighted by molar-refractivity contribution is 5.17. The van der Waals surface area contributed by atoms with Crippen molar-refractivity contribution in [2.45, 2.75) is 12.6 Å². The Morgan fingerprint density at radius 3 is 2.94 bits per heavy atom. The van der Waals surface area contributed by atoms with Crippen LogP contribution in [0, 0.1) is 11.6 Å². The first kappa shape index (κ1) is 13.4. The highest BCUT2D eigenvalue weighted by Gasteiger charge is 2.20. The largest absolute Gasteiger partial charge is 0.374 e. The second kappa shape index (κ2) is 6.22. The lowest BCUT2D eigenvalue weighted by molar-refractivity contribution is -0.0291. The van der Waals surface area contributed by atoms with E-state index >= 15 is 0 Å². The molecule has 0 radical (unpaired) electrons. The fourth-order valence-electron chi connectivity index (χ4n) is 2.17. The molecule has 1 fully saturated rings. The summed E-state index contributed by atoms with van der Waals surface area (Å²) in [6, 6.07) is 4.06. The van der Waals surface area contributed by atoms with E-state index in [0.717, 1.165) is 25.2 Å². The van der Waals surface area contributed by atoms with Crippen LogP contribution in [0.1, 0.15) is 5.56 Å². The number of ether oxygens (including phenoxy) is 1. The molecule has 0 amide bonds. The first-order chi connectivity index (χ1) is 8.69. The van der Waals surface area contributed by atoms with E-state index in [1.54, 1.807) is 6.07 Å². The summed E-state index contributed by atoms with van der Waals surface area (Å²) < 4.78 is 31.5. The van der Waals surface area contributed by atoms with Crippen LogP contribution in [0.4, 0.5) is 8.78 Å². The molecule has 1 aromatic rings. The number of nitrogens with zero attached hydrogens (tertiary/aromatic N) is 1. The fourth-order valence-corrected chi connectivity index (χ4v) is 2.17. The predicted octanol–water partition coefficient (Wildman–Crippen LogP) is 1.38. The number of rotatable bonds is 4. The Labute approximate surface area is 106 Å². The van der Waals surface area contributed by atoms with E-state index in [1.165, 1.54) is 12.1 Å². The van der Waals surface area contributed by atoms with Gasteiger partial charge in [-0.15, -0.1) is 0 Å². The highest BCUT2D eigenvalue weighted by atomic mass is 19.2. The number of hydrogen-bond donors (Lipinski definition) is 1. The zero-order valence-corrected chi connectivity index (χ0v) is 10.5. The third-order valence-corrected chi connectivity index (χ3v) is 3.04. The Hall–Kier alpha value is -1.04. The van der Waals surface area contributed by atoms with Crippen molar-refractivity contribution >= 4 is 0 Å². The van der Waals surface area contributed by atoms with Gasteiger partial charge in [-0.05, 0) is 24.7 Å². The molecule has 1 aliphatic rings. The Kier molecular flexibility index (Phi) is 4.63. The monoisotopic (exact) mass is 256 g/mol. The van der Waals surface area contributed by atoms with E-state index in [-0.39, 0.29) is 6.10 Å². The van der Waals surface area contributed by atoms with Crippen LogP contribution in [-0.4, -0.2) is 44.3 Å². The first-order valence-corrected chi connectivity index (χ1v) is 6.11. The molecule has 18 heavy (non-hydrogen) atoms. The minimum Gasteiger partial charge on any atom is -0.374 e. The van der Waals surface area contributed by atoms with E-state index in [4.69, 9.17) is 4.74 Å². The van der Waals surface area contributed by atoms with Gasteiger partial charge in [0.15, 0.2) is 11.6 Å². The molecule has 1 N–H and O–H groups in total. The summed E-state index contributed by atoms with van der Waals surface area (Å²) >= 11 is 0. The smallest absolute Gasteiger partial charge is 0.159 e. The van der Waals surface area contributed by atoms with Gasteiger partial charge in [0.25, 0.3) is 0 Å². The van der Waals surface area contributed by atoms with Crippen LogP contribution in [0.15, 0.2) is 18.2 Å². The minimum atomic E-state index is -0.797. The Morgan fingerprint density at radius 2 is 2.22 bits per heavy atom. The lowest BCUT2D eigenvalue weighted by atomic mass is 10.1. The maximum atomic E-state index is 13.1. The van der Waals surface area contributed by atoms with Gasteiger partial charge < -0.3 is 10.1 Å². The van der Waals surface area contributed by atoms with E-state index in [2.05, 4.69) is 10.2 Å². The average molecular weight is 256 g/mol. The first-order valence-electron chi connectivity index (χ1n) is 6.11. The number of hydrogen-bond acceptors (Lipinski definition) is 3. The molecule has 1 aromatic carbocycles. The molecule has 1 heterocycles. The number of benzene rings is 1. The van der Waals surface area contributed by atoms with E-state index in [1.807, 2.05) is 7.05 Å². The second-order valence-corrected chi connectivity index (χ2v) is 4.53. The summed E-state index contributed by atoms with van der Waals surface area (Å²) in [4.78, 5) is 2.19. The van der Waals surface area contributed by atoms with E-state index in [0.29, 0.717) is 13.2 Å². The van der Waals surface area contributed by atoms with Gasteiger partial charge in [0.1, 0.15) is 0 Å². The summed E-state index contributed by atoms with van der Waals surface area (Å²) in [6.45, 7) is 3.73. The van der Waals surface area contributed by atoms with Crippen LogP contribution in [0.5, 0.6) is 0 Å². The SMILES string of the molecule is CNCC1CN(Cc2ccc(F)c(F)c2)CCO1. The summed E-state index contributed by atoms with van der Waals surface area (Å²) in [5.41, 5.74) is 0.791. The molecule has 100 valence electrons. The number of morpholine rings is 1. The topological polar surface area (TPSA) is 24.5 Å². The Morgan fingerprint density at radius 1 is 1.39 bits per heavy atom. The van der Waals surface area contributed by atoms with Crippen molar-refractivity contribution in [1.29, 1.82) is 0 Å². The Balaban J connectivity index is 1.93. The summed E-state index contributed by atoms with van der Waals surface area (Å²) in [5.74, 6) is -1.58. The fraction of sp³-hybridized carbons (Fsp3) is 0.538. The molecule has 0 aromatic heterocycles. The molecule has 0 spiro atoms. The summed E-state index contributed by atoms with van der Waals surface area (Å²) in [6.07, 6.45) is 0.161. The van der Waals surface area contributed by atoms with Gasteiger partial charge >= 0.3 is 0 Å². The molecule has 1 unspecified atom stereocenters. The second-order valence-electron chi connectivity index (χ2n) is 4.53. The van der Waals surface area contributed by atoms with Crippen LogP contribution in [0.2, 0.25) is 0 Å². The summed E-state index contributed by atoms with van der Waals surface area (Å²) in [5, 5.41) is 3.08. The van der Waals surface area contributed by atoms with Crippen molar-refractivity contribution in [3.63, 3.8) is 0 Å². The highest BCUT2D eigenvalue weighted by Crippen LogP contribution is 2.13. The molecule has 0 bridgehead atoms. The standard InChI is InChI=1S/C13H18F2N2O/c1-16-7-11-9-17(4-5-18-11)8-10-2-3-12(14)13(15)6-10/h2-3,6,11,16H,4-5,7-9H2,1H3. The quantitative estimate of drug-likeness (QED) is 0.881. The molecular weight excluding hydrogens is 238 g/mol. The normalized spacial score (nSPS) is 21.2. The zero-order chi connectivity index (χ0) is 13.0. The van der Waals surface area contributed by atoms with Crippen molar-refractivity contribution in [2.75, 3.05) is 33.3 Å². The molecule has 1 atom stereocenters. The third-order valence-electron chi connectivity index (χ3n) is 3.04. The predicted molar refractivity (Wildman–Crippen MR) is 65.3 cm³/mol. The van der Waals surface area contributed by atoms with Crippen molar-refractivity contribution in [1.82, 2.24) is 10.2 Å². The molecule has 1 aliphatic heterocycles. The van der Waals surface area contributed by atoms with Crippen molar-refractivity contribution < 1.29 is 13.5 Å². The summed E-state index contributed by atoms with van der Waals surface area (Å²) in [7, 11) is 1.89. The molecule has 1 saturated heterocycles. The maximum absolute atomic E-state index is 13.1. The van der Waals surface area contributed by atoms with Gasteiger partial charge in [-0.2, -0.15) is 0 Å². The van der Waals surface area contributed by atoms with Gasteiger partial charge in [0, 0.05) is 26.2 Å².